The van der Waals surface area contributed by atoms with E-state index in [1.165, 1.54) is 0 Å². The molecule has 0 bridgehead atoms. The molecule has 0 spiro atoms. The van der Waals surface area contributed by atoms with Crippen molar-refractivity contribution < 1.29 is 5.11 Å². The number of aliphatic hydroxyl groups is 1. The van der Waals surface area contributed by atoms with Crippen molar-refractivity contribution in [3.05, 3.63) is 33.5 Å². The van der Waals surface area contributed by atoms with Gasteiger partial charge in [-0.05, 0) is 47.1 Å². The molecule has 0 aromatic carbocycles. The number of halogens is 1. The maximum absolute atomic E-state index is 10.1. The minimum Gasteiger partial charge on any atom is -0.385 e. The van der Waals surface area contributed by atoms with E-state index >= 15 is 0 Å². The topological polar surface area (TPSA) is 20.2 Å². The highest BCUT2D eigenvalue weighted by Crippen LogP contribution is 2.35. The monoisotopic (exact) mass is 260 g/mol. The van der Waals surface area contributed by atoms with Crippen molar-refractivity contribution in [2.75, 3.05) is 0 Å². The third-order valence-electron chi connectivity index (χ3n) is 1.94. The first-order valence-corrected chi connectivity index (χ1v) is 5.82. The normalized spacial score (nSPS) is 15.3. The average Bonchev–Trinajstić information content (AvgIpc) is 2.48. The Balaban J connectivity index is 2.80. The number of hydrogen-bond donors (Lipinski definition) is 1. The molecule has 1 heterocycles. The summed E-state index contributed by atoms with van der Waals surface area (Å²) in [6.07, 6.45) is 3.38. The van der Waals surface area contributed by atoms with Crippen LogP contribution in [0.15, 0.2) is 28.6 Å². The Hall–Kier alpha value is -0.120. The molecule has 0 saturated heterocycles. The fourth-order valence-corrected chi connectivity index (χ4v) is 3.07. The lowest BCUT2D eigenvalue weighted by Gasteiger charge is -2.21. The molecular weight excluding hydrogens is 248 g/mol. The van der Waals surface area contributed by atoms with E-state index in [1.54, 1.807) is 11.3 Å². The van der Waals surface area contributed by atoms with Crippen LogP contribution >= 0.6 is 27.3 Å². The smallest absolute Gasteiger partial charge is 0.0974 e. The molecule has 3 heteroatoms. The van der Waals surface area contributed by atoms with Gasteiger partial charge in [-0.3, -0.25) is 0 Å². The number of thiophene rings is 1. The lowest BCUT2D eigenvalue weighted by atomic mass is 9.98. The summed E-state index contributed by atoms with van der Waals surface area (Å²) >= 11 is 4.99. The molecule has 72 valence electrons. The van der Waals surface area contributed by atoms with Crippen LogP contribution in [-0.2, 0) is 5.60 Å². The molecule has 1 aromatic rings. The Morgan fingerprint density at radius 2 is 2.46 bits per heavy atom. The lowest BCUT2D eigenvalue weighted by molar-refractivity contribution is 0.0520. The zero-order valence-electron chi connectivity index (χ0n) is 7.59. The summed E-state index contributed by atoms with van der Waals surface area (Å²) in [7, 11) is 0. The molecule has 0 radical (unpaired) electrons. The molecule has 1 aromatic heterocycles. The van der Waals surface area contributed by atoms with E-state index < -0.39 is 5.60 Å². The van der Waals surface area contributed by atoms with Crippen molar-refractivity contribution in [2.24, 2.45) is 0 Å². The van der Waals surface area contributed by atoms with Gasteiger partial charge in [-0.2, -0.15) is 0 Å². The van der Waals surface area contributed by atoms with Crippen molar-refractivity contribution in [2.45, 2.75) is 25.4 Å². The zero-order valence-corrected chi connectivity index (χ0v) is 9.99. The molecule has 0 amide bonds. The van der Waals surface area contributed by atoms with E-state index in [0.29, 0.717) is 0 Å². The summed E-state index contributed by atoms with van der Waals surface area (Å²) in [5.74, 6) is 0. The fourth-order valence-electron chi connectivity index (χ4n) is 1.17. The Kier molecular flexibility index (Phi) is 3.71. The van der Waals surface area contributed by atoms with Crippen LogP contribution in [0.1, 0.15) is 24.6 Å². The maximum Gasteiger partial charge on any atom is 0.0974 e. The van der Waals surface area contributed by atoms with Crippen molar-refractivity contribution in [1.29, 1.82) is 0 Å². The number of rotatable bonds is 4. The minimum absolute atomic E-state index is 0.718. The van der Waals surface area contributed by atoms with Gasteiger partial charge >= 0.3 is 0 Å². The van der Waals surface area contributed by atoms with Crippen LogP contribution < -0.4 is 0 Å². The molecule has 0 aliphatic heterocycles. The van der Waals surface area contributed by atoms with Gasteiger partial charge in [0.2, 0.25) is 0 Å². The van der Waals surface area contributed by atoms with Crippen molar-refractivity contribution >= 4 is 27.3 Å². The van der Waals surface area contributed by atoms with Gasteiger partial charge in [0.25, 0.3) is 0 Å². The molecule has 1 rings (SSSR count). The first kappa shape index (κ1) is 11.0. The lowest BCUT2D eigenvalue weighted by Crippen LogP contribution is -2.19. The van der Waals surface area contributed by atoms with Gasteiger partial charge < -0.3 is 5.11 Å². The van der Waals surface area contributed by atoms with Crippen molar-refractivity contribution in [3.63, 3.8) is 0 Å². The van der Waals surface area contributed by atoms with Crippen molar-refractivity contribution in [1.82, 2.24) is 0 Å². The summed E-state index contributed by atoms with van der Waals surface area (Å²) in [5, 5.41) is 12.1. The predicted octanol–water partition coefficient (Wildman–Crippen LogP) is 3.68. The minimum atomic E-state index is -0.735. The van der Waals surface area contributed by atoms with E-state index in [2.05, 4.69) is 22.5 Å². The van der Waals surface area contributed by atoms with E-state index in [-0.39, 0.29) is 0 Å². The first-order chi connectivity index (χ1) is 6.08. The zero-order chi connectivity index (χ0) is 9.90. The van der Waals surface area contributed by atoms with Crippen LogP contribution in [0.3, 0.4) is 0 Å². The van der Waals surface area contributed by atoms with E-state index in [1.807, 2.05) is 24.4 Å². The van der Waals surface area contributed by atoms with Gasteiger partial charge in [-0.15, -0.1) is 17.9 Å². The maximum atomic E-state index is 10.1. The highest BCUT2D eigenvalue weighted by Gasteiger charge is 2.25. The van der Waals surface area contributed by atoms with Crippen LogP contribution in [0.25, 0.3) is 0 Å². The summed E-state index contributed by atoms with van der Waals surface area (Å²) < 4.78 is 0.992. The molecule has 0 saturated carbocycles. The summed E-state index contributed by atoms with van der Waals surface area (Å²) in [5.41, 5.74) is -0.735. The van der Waals surface area contributed by atoms with Gasteiger partial charge in [-0.1, -0.05) is 6.08 Å². The second kappa shape index (κ2) is 4.40. The molecule has 1 unspecified atom stereocenters. The summed E-state index contributed by atoms with van der Waals surface area (Å²) in [6, 6.07) is 1.96. The number of allylic oxidation sites excluding steroid dienone is 1. The van der Waals surface area contributed by atoms with Crippen molar-refractivity contribution in [3.8, 4) is 0 Å². The predicted molar refractivity (Wildman–Crippen MR) is 61.0 cm³/mol. The van der Waals surface area contributed by atoms with Crippen LogP contribution in [0.4, 0.5) is 0 Å². The van der Waals surface area contributed by atoms with Gasteiger partial charge in [0.05, 0.1) is 5.60 Å². The Labute approximate surface area is 91.2 Å². The molecular formula is C10H13BrOS. The quantitative estimate of drug-likeness (QED) is 0.819. The van der Waals surface area contributed by atoms with Gasteiger partial charge in [0.1, 0.15) is 0 Å². The van der Waals surface area contributed by atoms with E-state index in [4.69, 9.17) is 0 Å². The highest BCUT2D eigenvalue weighted by atomic mass is 79.9. The molecule has 1 nitrogen and oxygen atoms in total. The highest BCUT2D eigenvalue weighted by molar-refractivity contribution is 9.10. The Morgan fingerprint density at radius 3 is 2.92 bits per heavy atom. The average molecular weight is 261 g/mol. The summed E-state index contributed by atoms with van der Waals surface area (Å²) in [4.78, 5) is 0.995. The Morgan fingerprint density at radius 1 is 1.77 bits per heavy atom. The molecule has 1 N–H and O–H groups in total. The van der Waals surface area contributed by atoms with E-state index in [0.717, 1.165) is 22.2 Å². The van der Waals surface area contributed by atoms with Gasteiger partial charge in [0.15, 0.2) is 0 Å². The SMILES string of the molecule is C=CCCC(C)(O)c1sccc1Br. The second-order valence-electron chi connectivity index (χ2n) is 3.20. The van der Waals surface area contributed by atoms with Gasteiger partial charge in [0, 0.05) is 9.35 Å². The van der Waals surface area contributed by atoms with Crippen LogP contribution in [0, 0.1) is 0 Å². The van der Waals surface area contributed by atoms with Crippen LogP contribution in [-0.4, -0.2) is 5.11 Å². The Bertz CT molecular complexity index is 291. The molecule has 0 aliphatic carbocycles. The van der Waals surface area contributed by atoms with Crippen LogP contribution in [0.2, 0.25) is 0 Å². The molecule has 0 aliphatic rings. The van der Waals surface area contributed by atoms with Crippen LogP contribution in [0.5, 0.6) is 0 Å². The first-order valence-electron chi connectivity index (χ1n) is 4.14. The van der Waals surface area contributed by atoms with E-state index in [9.17, 15) is 5.11 Å². The summed E-state index contributed by atoms with van der Waals surface area (Å²) in [6.45, 7) is 5.49. The van der Waals surface area contributed by atoms with Gasteiger partial charge in [-0.25, -0.2) is 0 Å². The fraction of sp³-hybridized carbons (Fsp3) is 0.400. The molecule has 13 heavy (non-hydrogen) atoms. The standard InChI is InChI=1S/C10H13BrOS/c1-3-4-6-10(2,12)9-8(11)5-7-13-9/h3,5,7,12H,1,4,6H2,2H3. The third kappa shape index (κ3) is 2.66. The number of hydrogen-bond acceptors (Lipinski definition) is 2. The third-order valence-corrected chi connectivity index (χ3v) is 4.03. The second-order valence-corrected chi connectivity index (χ2v) is 4.97. The molecule has 1 atom stereocenters. The molecule has 0 fully saturated rings. The largest absolute Gasteiger partial charge is 0.385 e.